The average Bonchev–Trinajstić information content (AvgIpc) is 1.90. The van der Waals surface area contributed by atoms with E-state index in [0.717, 1.165) is 0 Å². The number of hydrogen-bond donors (Lipinski definition) is 1. The highest BCUT2D eigenvalue weighted by molar-refractivity contribution is 14.2. The molecule has 0 fully saturated rings. The van der Waals surface area contributed by atoms with Crippen LogP contribution in [-0.4, -0.2) is 9.18 Å². The third-order valence-electron chi connectivity index (χ3n) is 0.842. The number of rotatable bonds is 1. The van der Waals surface area contributed by atoms with Gasteiger partial charge in [-0.25, -0.2) is 0 Å². The first kappa shape index (κ1) is 6.91. The maximum atomic E-state index is 10.4. The average molecular weight is 237 g/mol. The Bertz CT molecular complexity index is 183. The highest BCUT2D eigenvalue weighted by Gasteiger charge is 1.89. The van der Waals surface area contributed by atoms with Crippen molar-refractivity contribution < 1.29 is 0 Å². The number of hydroxylamine groups is 1. The van der Waals surface area contributed by atoms with E-state index in [2.05, 4.69) is 4.01 Å². The summed E-state index contributed by atoms with van der Waals surface area (Å²) < 4.78 is 3.94. The molecule has 4 heteroatoms. The van der Waals surface area contributed by atoms with Crippen molar-refractivity contribution in [3.63, 3.8) is 0 Å². The molecule has 1 rings (SSSR count). The first-order valence-corrected chi connectivity index (χ1v) is 4.84. The molecule has 0 aliphatic carbocycles. The summed E-state index contributed by atoms with van der Waals surface area (Å²) in [6.07, 6.45) is 3.57. The Morgan fingerprint density at radius 2 is 2.44 bits per heavy atom. The van der Waals surface area contributed by atoms with Gasteiger partial charge in [0.1, 0.15) is 0 Å². The molecule has 0 radical (unpaired) electrons. The van der Waals surface area contributed by atoms with Crippen molar-refractivity contribution in [3.8, 4) is 0 Å². The van der Waals surface area contributed by atoms with Gasteiger partial charge in [-0.05, 0) is 14.2 Å². The third kappa shape index (κ3) is 1.88. The van der Waals surface area contributed by atoms with E-state index >= 15 is 0 Å². The predicted molar refractivity (Wildman–Crippen MR) is 46.7 cm³/mol. The van der Waals surface area contributed by atoms with Gasteiger partial charge in [0, 0.05) is 5.70 Å². The summed E-state index contributed by atoms with van der Waals surface area (Å²) in [4.78, 5) is 0. The first-order valence-electron chi connectivity index (χ1n) is 2.34. The van der Waals surface area contributed by atoms with Crippen molar-refractivity contribution in [1.29, 1.82) is 0 Å². The van der Waals surface area contributed by atoms with Crippen molar-refractivity contribution in [1.82, 2.24) is 5.17 Å². The largest absolute Gasteiger partial charge is 0.743 e. The van der Waals surface area contributed by atoms with Crippen LogP contribution in [0.4, 0.5) is 0 Å². The summed E-state index contributed by atoms with van der Waals surface area (Å²) in [5, 5.41) is 10.8. The topological polar surface area (TPSA) is 52.3 Å². The molecule has 50 valence electrons. The van der Waals surface area contributed by atoms with Gasteiger partial charge in [-0.2, -0.15) is 0 Å². The van der Waals surface area contributed by atoms with Crippen LogP contribution in [0.25, 0.3) is 0 Å². The molecule has 0 atom stereocenters. The Kier molecular flexibility index (Phi) is 2.38. The second kappa shape index (κ2) is 3.09. The van der Waals surface area contributed by atoms with E-state index in [-0.39, 0.29) is 20.7 Å². The summed E-state index contributed by atoms with van der Waals surface area (Å²) in [5.41, 5.74) is 0.574. The van der Waals surface area contributed by atoms with Crippen molar-refractivity contribution >= 4 is 24.7 Å². The van der Waals surface area contributed by atoms with E-state index in [1.165, 1.54) is 0 Å². The van der Waals surface area contributed by atoms with Gasteiger partial charge in [0.15, 0.2) is 0 Å². The number of nitrogens with two attached hydrogens (primary N) is 1. The summed E-state index contributed by atoms with van der Waals surface area (Å²) in [7, 11) is 0. The van der Waals surface area contributed by atoms with Crippen molar-refractivity contribution in [2.45, 2.75) is 0 Å². The quantitative estimate of drug-likeness (QED) is 0.417. The number of allylic oxidation sites excluding steroid dienone is 2. The molecule has 0 unspecified atom stereocenters. The normalized spacial score (nSPS) is 16.4. The van der Waals surface area contributed by atoms with E-state index in [1.54, 1.807) is 6.08 Å². The van der Waals surface area contributed by atoms with Crippen LogP contribution in [-0.2, 0) is 0 Å². The fourth-order valence-electron chi connectivity index (χ4n) is 0.436. The zero-order valence-corrected chi connectivity index (χ0v) is 6.78. The zero-order chi connectivity index (χ0) is 6.69. The van der Waals surface area contributed by atoms with Gasteiger partial charge in [-0.3, -0.25) is 5.84 Å². The highest BCUT2D eigenvalue weighted by atomic mass is 127. The molecule has 0 aromatic heterocycles. The third-order valence-corrected chi connectivity index (χ3v) is 2.67. The lowest BCUT2D eigenvalue weighted by molar-refractivity contribution is 0.514. The Labute approximate surface area is 63.1 Å². The molecule has 1 heterocycles. The lowest BCUT2D eigenvalue weighted by Crippen LogP contribution is -2.21. The standard InChI is InChI=1S/C5H6IN2O/c7-8(9)5-2-1-3-6-4-5/h1-4H,7H2/q-1. The molecule has 0 saturated carbocycles. The van der Waals surface area contributed by atoms with Crippen LogP contribution in [0.15, 0.2) is 21.9 Å². The van der Waals surface area contributed by atoms with E-state index in [4.69, 9.17) is 5.84 Å². The maximum Gasteiger partial charge on any atom is 0.0460 e. The molecule has 1 aliphatic rings. The Balaban J connectivity index is 2.72. The number of halogens is 1. The summed E-state index contributed by atoms with van der Waals surface area (Å²) in [5.74, 6) is 4.93. The Hall–Kier alpha value is -0.200. The minimum Gasteiger partial charge on any atom is -0.743 e. The summed E-state index contributed by atoms with van der Waals surface area (Å²) in [6, 6.07) is 0. The zero-order valence-electron chi connectivity index (χ0n) is 4.62. The molecule has 0 aromatic rings. The van der Waals surface area contributed by atoms with Crippen LogP contribution in [0.1, 0.15) is 0 Å². The number of hydrazine groups is 1. The lowest BCUT2D eigenvalue weighted by Gasteiger charge is -2.24. The second-order valence-electron chi connectivity index (χ2n) is 1.47. The van der Waals surface area contributed by atoms with E-state index in [1.807, 2.05) is 10.2 Å². The van der Waals surface area contributed by atoms with Gasteiger partial charge < -0.3 is 10.4 Å². The molecule has 0 aromatic carbocycles. The Morgan fingerprint density at radius 3 is 2.78 bits per heavy atom. The fourth-order valence-corrected chi connectivity index (χ4v) is 1.94. The molecule has 0 saturated heterocycles. The Morgan fingerprint density at radius 1 is 1.67 bits per heavy atom. The van der Waals surface area contributed by atoms with Crippen LogP contribution in [0.3, 0.4) is 0 Å². The van der Waals surface area contributed by atoms with Crippen molar-refractivity contribution in [2.75, 3.05) is 0 Å². The smallest absolute Gasteiger partial charge is 0.0460 e. The number of nitrogens with zero attached hydrogens (tertiary/aromatic N) is 1. The first-order chi connectivity index (χ1) is 4.30. The molecule has 3 nitrogen and oxygen atoms in total. The second-order valence-corrected chi connectivity index (χ2v) is 3.53. The molecular formula is C5H6IN2O-. The SMILES string of the molecule is NN([O-])C1=CI=CC=C1. The maximum absolute atomic E-state index is 10.4. The fraction of sp³-hybridized carbons (Fsp3) is 0. The monoisotopic (exact) mass is 237 g/mol. The summed E-state index contributed by atoms with van der Waals surface area (Å²) >= 11 is -0.0546. The van der Waals surface area contributed by atoms with Crippen molar-refractivity contribution in [2.24, 2.45) is 5.84 Å². The summed E-state index contributed by atoms with van der Waals surface area (Å²) in [6.45, 7) is 0. The minimum absolute atomic E-state index is 0.0546. The van der Waals surface area contributed by atoms with Crippen LogP contribution in [0, 0.1) is 5.21 Å². The van der Waals surface area contributed by atoms with E-state index in [0.29, 0.717) is 10.9 Å². The van der Waals surface area contributed by atoms with E-state index < -0.39 is 0 Å². The molecule has 2 N–H and O–H groups in total. The van der Waals surface area contributed by atoms with Crippen LogP contribution >= 0.6 is 20.7 Å². The van der Waals surface area contributed by atoms with Gasteiger partial charge in [0.05, 0.1) is 0 Å². The van der Waals surface area contributed by atoms with Gasteiger partial charge in [0.2, 0.25) is 0 Å². The van der Waals surface area contributed by atoms with Gasteiger partial charge >= 0.3 is 0 Å². The molecule has 0 bridgehead atoms. The predicted octanol–water partition coefficient (Wildman–Crippen LogP) is 0.844. The molecule has 1 aliphatic heterocycles. The van der Waals surface area contributed by atoms with E-state index in [9.17, 15) is 5.21 Å². The molecule has 0 amide bonds. The lowest BCUT2D eigenvalue weighted by atomic mass is 10.4. The molecular weight excluding hydrogens is 231 g/mol. The van der Waals surface area contributed by atoms with Gasteiger partial charge in [-0.1, -0.05) is 26.8 Å². The van der Waals surface area contributed by atoms with Gasteiger partial charge in [0.25, 0.3) is 0 Å². The van der Waals surface area contributed by atoms with Crippen molar-refractivity contribution in [3.05, 3.63) is 27.1 Å². The highest BCUT2D eigenvalue weighted by Crippen LogP contribution is 2.11. The van der Waals surface area contributed by atoms with Crippen LogP contribution < -0.4 is 5.84 Å². The van der Waals surface area contributed by atoms with Crippen LogP contribution in [0.5, 0.6) is 0 Å². The number of hydrogen-bond acceptors (Lipinski definition) is 3. The van der Waals surface area contributed by atoms with Crippen LogP contribution in [0.2, 0.25) is 0 Å². The van der Waals surface area contributed by atoms with Gasteiger partial charge in [-0.15, -0.1) is 0 Å². The molecule has 9 heavy (non-hydrogen) atoms. The minimum atomic E-state index is -0.0546. The molecule has 0 spiro atoms.